The summed E-state index contributed by atoms with van der Waals surface area (Å²) in [6, 6.07) is -0.736. The summed E-state index contributed by atoms with van der Waals surface area (Å²) in [6.07, 6.45) is 0. The van der Waals surface area contributed by atoms with Crippen molar-refractivity contribution in [1.29, 1.82) is 0 Å². The van der Waals surface area contributed by atoms with Crippen LogP contribution in [0, 0.1) is 0 Å². The maximum atomic E-state index is 9.79. The summed E-state index contributed by atoms with van der Waals surface area (Å²) in [6.45, 7) is 0. The van der Waals surface area contributed by atoms with Crippen LogP contribution in [0.5, 0.6) is 0 Å². The molecular formula is C3H7ClNO2Se. The Hall–Kier alpha value is 0.239. The summed E-state index contributed by atoms with van der Waals surface area (Å²) < 4.78 is 0. The average molecular weight is 204 g/mol. The minimum absolute atomic E-state index is 0. The van der Waals surface area contributed by atoms with Crippen LogP contribution in [0.2, 0.25) is 5.32 Å². The van der Waals surface area contributed by atoms with Gasteiger partial charge in [-0.2, -0.15) is 0 Å². The molecule has 0 aliphatic heterocycles. The normalized spacial score (nSPS) is 11.8. The molecule has 3 nitrogen and oxygen atoms in total. The van der Waals surface area contributed by atoms with Crippen LogP contribution >= 0.6 is 12.4 Å². The first-order valence-electron chi connectivity index (χ1n) is 1.75. The Morgan fingerprint density at radius 3 is 2.25 bits per heavy atom. The molecule has 0 aromatic rings. The van der Waals surface area contributed by atoms with E-state index in [1.54, 1.807) is 0 Å². The summed E-state index contributed by atoms with van der Waals surface area (Å²) in [4.78, 5) is 9.79. The molecule has 0 saturated carbocycles. The Bertz CT molecular complexity index is 79.7. The molecule has 8 heavy (non-hydrogen) atoms. The Balaban J connectivity index is 0. The molecule has 0 heterocycles. The van der Waals surface area contributed by atoms with Crippen LogP contribution < -0.4 is 5.73 Å². The first-order valence-corrected chi connectivity index (χ1v) is 2.96. The van der Waals surface area contributed by atoms with Gasteiger partial charge in [-0.15, -0.1) is 12.4 Å². The van der Waals surface area contributed by atoms with Gasteiger partial charge in [-0.25, -0.2) is 0 Å². The van der Waals surface area contributed by atoms with Crippen LogP contribution in [0.1, 0.15) is 0 Å². The van der Waals surface area contributed by atoms with Crippen LogP contribution in [-0.2, 0) is 4.79 Å². The second-order valence-electron chi connectivity index (χ2n) is 1.11. The Morgan fingerprint density at radius 2 is 2.25 bits per heavy atom. The van der Waals surface area contributed by atoms with Gasteiger partial charge in [-0.3, -0.25) is 0 Å². The molecule has 0 amide bonds. The summed E-state index contributed by atoms with van der Waals surface area (Å²) >= 11 is 2.52. The van der Waals surface area contributed by atoms with Gasteiger partial charge in [0, 0.05) is 0 Å². The van der Waals surface area contributed by atoms with Gasteiger partial charge in [-0.1, -0.05) is 0 Å². The molecule has 49 valence electrons. The molecule has 0 fully saturated rings. The van der Waals surface area contributed by atoms with Gasteiger partial charge in [0.05, 0.1) is 0 Å². The van der Waals surface area contributed by atoms with E-state index in [0.717, 1.165) is 0 Å². The minimum atomic E-state index is -0.959. The fraction of sp³-hybridized carbons (Fsp3) is 0.667. The molecule has 0 unspecified atom stereocenters. The van der Waals surface area contributed by atoms with E-state index in [1.807, 2.05) is 0 Å². The van der Waals surface area contributed by atoms with Gasteiger partial charge in [-0.05, 0) is 0 Å². The van der Waals surface area contributed by atoms with Crippen molar-refractivity contribution in [3.05, 3.63) is 0 Å². The number of carboxylic acid groups (broad SMARTS) is 1. The predicted molar refractivity (Wildman–Crippen MR) is 33.4 cm³/mol. The number of nitrogens with two attached hydrogens (primary N) is 1. The maximum absolute atomic E-state index is 9.79. The van der Waals surface area contributed by atoms with Crippen LogP contribution in [0.15, 0.2) is 0 Å². The van der Waals surface area contributed by atoms with E-state index in [-0.39, 0.29) is 12.4 Å². The van der Waals surface area contributed by atoms with Crippen LogP contribution in [-0.4, -0.2) is 33.1 Å². The molecule has 0 aromatic carbocycles. The molecule has 0 aliphatic carbocycles. The van der Waals surface area contributed by atoms with E-state index in [2.05, 4.69) is 16.0 Å². The molecule has 0 aliphatic rings. The molecule has 0 saturated heterocycles. The Kier molecular flexibility index (Phi) is 7.46. The predicted octanol–water partition coefficient (Wildman–Crippen LogP) is -0.593. The van der Waals surface area contributed by atoms with E-state index >= 15 is 0 Å². The van der Waals surface area contributed by atoms with Gasteiger partial charge < -0.3 is 0 Å². The molecule has 1 atom stereocenters. The number of aliphatic carboxylic acids is 1. The van der Waals surface area contributed by atoms with Gasteiger partial charge in [0.25, 0.3) is 0 Å². The number of halogens is 1. The standard InChI is InChI=1S/C3H6NO2Se.ClH/c4-2(1-7)3(5)6;/h2H,1,4H2,(H,5,6);1H/t2-;/m0./s1. The van der Waals surface area contributed by atoms with Gasteiger partial charge in [0.15, 0.2) is 0 Å². The zero-order valence-corrected chi connectivity index (χ0v) is 6.56. The fourth-order valence-corrected chi connectivity index (χ4v) is 0.370. The first kappa shape index (κ1) is 11.1. The summed E-state index contributed by atoms with van der Waals surface area (Å²) in [7, 11) is 0. The van der Waals surface area contributed by atoms with Crippen molar-refractivity contribution in [2.75, 3.05) is 0 Å². The van der Waals surface area contributed by atoms with Crippen molar-refractivity contribution in [1.82, 2.24) is 0 Å². The third-order valence-corrected chi connectivity index (χ3v) is 1.25. The quantitative estimate of drug-likeness (QED) is 0.590. The third kappa shape index (κ3) is 4.40. The number of rotatable bonds is 2. The summed E-state index contributed by atoms with van der Waals surface area (Å²) in [5, 5.41) is 8.41. The van der Waals surface area contributed by atoms with E-state index in [0.29, 0.717) is 5.32 Å². The van der Waals surface area contributed by atoms with E-state index in [9.17, 15) is 4.79 Å². The van der Waals surface area contributed by atoms with Crippen molar-refractivity contribution < 1.29 is 9.90 Å². The van der Waals surface area contributed by atoms with Crippen LogP contribution in [0.4, 0.5) is 0 Å². The Labute approximate surface area is 61.9 Å². The van der Waals surface area contributed by atoms with Gasteiger partial charge >= 0.3 is 49.0 Å². The van der Waals surface area contributed by atoms with E-state index in [1.165, 1.54) is 0 Å². The SMILES string of the molecule is Cl.N[C@@H](C[Se])C(=O)O. The van der Waals surface area contributed by atoms with Crippen molar-refractivity contribution in [2.24, 2.45) is 5.73 Å². The molecular weight excluding hydrogens is 196 g/mol. The molecule has 3 N–H and O–H groups in total. The summed E-state index contributed by atoms with van der Waals surface area (Å²) in [5.74, 6) is -0.959. The van der Waals surface area contributed by atoms with Crippen LogP contribution in [0.3, 0.4) is 0 Å². The molecule has 0 rings (SSSR count). The number of carbonyl (C=O) groups is 1. The Morgan fingerprint density at radius 1 is 1.88 bits per heavy atom. The van der Waals surface area contributed by atoms with Crippen molar-refractivity contribution in [3.63, 3.8) is 0 Å². The topological polar surface area (TPSA) is 63.3 Å². The van der Waals surface area contributed by atoms with Gasteiger partial charge in [0.2, 0.25) is 0 Å². The third-order valence-electron chi connectivity index (χ3n) is 0.497. The second-order valence-corrected chi connectivity index (χ2v) is 1.81. The number of hydrogen-bond acceptors (Lipinski definition) is 2. The van der Waals surface area contributed by atoms with Gasteiger partial charge in [0.1, 0.15) is 0 Å². The molecule has 1 radical (unpaired) electrons. The van der Waals surface area contributed by atoms with Crippen molar-refractivity contribution in [3.8, 4) is 0 Å². The zero-order chi connectivity index (χ0) is 5.86. The molecule has 0 bridgehead atoms. The second kappa shape index (κ2) is 5.38. The molecule has 5 heteroatoms. The average Bonchev–Trinajstić information content (AvgIpc) is 1.65. The number of hydrogen-bond donors (Lipinski definition) is 2. The van der Waals surface area contributed by atoms with E-state index in [4.69, 9.17) is 10.8 Å². The number of carboxylic acids is 1. The molecule has 0 aromatic heterocycles. The zero-order valence-electron chi connectivity index (χ0n) is 4.03. The molecule has 0 spiro atoms. The first-order chi connectivity index (χ1) is 3.18. The fourth-order valence-electron chi connectivity index (χ4n) is 0.0713. The summed E-state index contributed by atoms with van der Waals surface area (Å²) in [5.41, 5.74) is 4.98. The monoisotopic (exact) mass is 204 g/mol. The van der Waals surface area contributed by atoms with Crippen molar-refractivity contribution in [2.45, 2.75) is 11.4 Å². The van der Waals surface area contributed by atoms with E-state index < -0.39 is 12.0 Å². The van der Waals surface area contributed by atoms with Crippen molar-refractivity contribution >= 4 is 34.4 Å². The van der Waals surface area contributed by atoms with Crippen LogP contribution in [0.25, 0.3) is 0 Å².